The molecular formula is C13H17N3O2. The molecule has 1 aromatic carbocycles. The number of ether oxygens (including phenoxy) is 1. The number of aryl methyl sites for hydroxylation is 1. The molecular weight excluding hydrogens is 230 g/mol. The fraction of sp³-hybridized carbons (Fsp3) is 0.385. The Bertz CT molecular complexity index is 491. The predicted molar refractivity (Wildman–Crippen MR) is 67.1 cm³/mol. The lowest BCUT2D eigenvalue weighted by atomic mass is 10.1. The summed E-state index contributed by atoms with van der Waals surface area (Å²) in [4.78, 5) is 4.13. The molecule has 0 bridgehead atoms. The number of hydrogen-bond acceptors (Lipinski definition) is 4. The topological polar surface area (TPSA) is 60.2 Å². The number of benzene rings is 1. The van der Waals surface area contributed by atoms with Gasteiger partial charge in [0.1, 0.15) is 18.7 Å². The van der Waals surface area contributed by atoms with Crippen LogP contribution in [0.15, 0.2) is 30.6 Å². The zero-order chi connectivity index (χ0) is 13.0. The van der Waals surface area contributed by atoms with Crippen LogP contribution in [0.1, 0.15) is 31.3 Å². The van der Waals surface area contributed by atoms with Gasteiger partial charge >= 0.3 is 0 Å². The Balaban J connectivity index is 1.98. The molecule has 0 aliphatic heterocycles. The summed E-state index contributed by atoms with van der Waals surface area (Å²) in [5.74, 6) is 1.56. The molecule has 5 heteroatoms. The Morgan fingerprint density at radius 1 is 1.33 bits per heavy atom. The zero-order valence-electron chi connectivity index (χ0n) is 10.6. The van der Waals surface area contributed by atoms with Crippen LogP contribution >= 0.6 is 0 Å². The maximum Gasteiger partial charge on any atom is 0.164 e. The van der Waals surface area contributed by atoms with Crippen molar-refractivity contribution in [1.29, 1.82) is 0 Å². The normalized spacial score (nSPS) is 12.4. The summed E-state index contributed by atoms with van der Waals surface area (Å²) in [6, 6.07) is 7.39. The van der Waals surface area contributed by atoms with E-state index in [9.17, 15) is 5.11 Å². The van der Waals surface area contributed by atoms with E-state index in [1.165, 1.54) is 6.33 Å². The molecule has 0 fully saturated rings. The summed E-state index contributed by atoms with van der Waals surface area (Å²) in [5, 5.41) is 13.5. The zero-order valence-corrected chi connectivity index (χ0v) is 10.6. The Hall–Kier alpha value is -1.88. The minimum absolute atomic E-state index is 0.391. The highest BCUT2D eigenvalue weighted by molar-refractivity contribution is 5.28. The molecule has 5 nitrogen and oxygen atoms in total. The molecule has 0 radical (unpaired) electrons. The van der Waals surface area contributed by atoms with Crippen molar-refractivity contribution in [2.75, 3.05) is 0 Å². The SMILES string of the molecule is CCn1ncnc1COc1ccc(C(C)O)cc1. The first-order valence-electron chi connectivity index (χ1n) is 5.98. The van der Waals surface area contributed by atoms with E-state index >= 15 is 0 Å². The Kier molecular flexibility index (Phi) is 3.94. The van der Waals surface area contributed by atoms with Gasteiger partial charge in [0, 0.05) is 6.54 Å². The number of hydrogen-bond donors (Lipinski definition) is 1. The highest BCUT2D eigenvalue weighted by Crippen LogP contribution is 2.17. The van der Waals surface area contributed by atoms with E-state index in [0.29, 0.717) is 6.61 Å². The van der Waals surface area contributed by atoms with E-state index in [2.05, 4.69) is 10.1 Å². The molecule has 1 atom stereocenters. The summed E-state index contributed by atoms with van der Waals surface area (Å²) >= 11 is 0. The molecule has 1 heterocycles. The number of aliphatic hydroxyl groups excluding tert-OH is 1. The predicted octanol–water partition coefficient (Wildman–Crippen LogP) is 1.93. The summed E-state index contributed by atoms with van der Waals surface area (Å²) in [6.07, 6.45) is 1.07. The monoisotopic (exact) mass is 247 g/mol. The van der Waals surface area contributed by atoms with Crippen LogP contribution in [0, 0.1) is 0 Å². The van der Waals surface area contributed by atoms with Crippen LogP contribution in [-0.4, -0.2) is 19.9 Å². The fourth-order valence-electron chi connectivity index (χ4n) is 1.65. The van der Waals surface area contributed by atoms with Gasteiger partial charge in [-0.05, 0) is 31.5 Å². The molecule has 0 amide bonds. The van der Waals surface area contributed by atoms with Crippen molar-refractivity contribution < 1.29 is 9.84 Å². The number of nitrogens with zero attached hydrogens (tertiary/aromatic N) is 3. The third-order valence-electron chi connectivity index (χ3n) is 2.73. The van der Waals surface area contributed by atoms with Crippen LogP contribution in [0.2, 0.25) is 0 Å². The van der Waals surface area contributed by atoms with Gasteiger partial charge in [-0.15, -0.1) is 0 Å². The molecule has 1 N–H and O–H groups in total. The van der Waals surface area contributed by atoms with Gasteiger partial charge in [0.2, 0.25) is 0 Å². The first-order valence-corrected chi connectivity index (χ1v) is 5.98. The standard InChI is InChI=1S/C13H17N3O2/c1-3-16-13(14-9-15-16)8-18-12-6-4-11(5-7-12)10(2)17/h4-7,9-10,17H,3,8H2,1-2H3. The van der Waals surface area contributed by atoms with Gasteiger partial charge in [-0.3, -0.25) is 0 Å². The third-order valence-corrected chi connectivity index (χ3v) is 2.73. The van der Waals surface area contributed by atoms with E-state index in [-0.39, 0.29) is 0 Å². The van der Waals surface area contributed by atoms with Crippen LogP contribution in [-0.2, 0) is 13.2 Å². The molecule has 1 aromatic heterocycles. The van der Waals surface area contributed by atoms with Crippen molar-refractivity contribution in [3.05, 3.63) is 42.0 Å². The number of aromatic nitrogens is 3. The maximum absolute atomic E-state index is 9.40. The van der Waals surface area contributed by atoms with Crippen LogP contribution < -0.4 is 4.74 Å². The van der Waals surface area contributed by atoms with Gasteiger partial charge in [-0.2, -0.15) is 5.10 Å². The average Bonchev–Trinajstić information content (AvgIpc) is 2.84. The lowest BCUT2D eigenvalue weighted by Crippen LogP contribution is -2.07. The van der Waals surface area contributed by atoms with Gasteiger partial charge in [0.25, 0.3) is 0 Å². The average molecular weight is 247 g/mol. The summed E-state index contributed by atoms with van der Waals surface area (Å²) in [7, 11) is 0. The van der Waals surface area contributed by atoms with Crippen molar-refractivity contribution in [3.63, 3.8) is 0 Å². The number of aliphatic hydroxyl groups is 1. The van der Waals surface area contributed by atoms with Crippen LogP contribution in [0.3, 0.4) is 0 Å². The van der Waals surface area contributed by atoms with E-state index < -0.39 is 6.10 Å². The van der Waals surface area contributed by atoms with Gasteiger partial charge in [-0.1, -0.05) is 12.1 Å². The quantitative estimate of drug-likeness (QED) is 0.877. The minimum atomic E-state index is -0.456. The molecule has 1 unspecified atom stereocenters. The van der Waals surface area contributed by atoms with Gasteiger partial charge in [0.05, 0.1) is 6.10 Å². The smallest absolute Gasteiger partial charge is 0.164 e. The van der Waals surface area contributed by atoms with Crippen molar-refractivity contribution in [1.82, 2.24) is 14.8 Å². The Morgan fingerprint density at radius 2 is 2.06 bits per heavy atom. The molecule has 0 aliphatic carbocycles. The summed E-state index contributed by atoms with van der Waals surface area (Å²) in [5.41, 5.74) is 0.874. The highest BCUT2D eigenvalue weighted by atomic mass is 16.5. The Morgan fingerprint density at radius 3 is 2.67 bits per heavy atom. The van der Waals surface area contributed by atoms with E-state index in [1.54, 1.807) is 11.6 Å². The highest BCUT2D eigenvalue weighted by Gasteiger charge is 2.04. The molecule has 2 aromatic rings. The van der Waals surface area contributed by atoms with E-state index in [4.69, 9.17) is 4.74 Å². The lowest BCUT2D eigenvalue weighted by Gasteiger charge is -2.08. The second-order valence-corrected chi connectivity index (χ2v) is 4.03. The molecule has 18 heavy (non-hydrogen) atoms. The maximum atomic E-state index is 9.40. The Labute approximate surface area is 106 Å². The first-order chi connectivity index (χ1) is 8.70. The fourth-order valence-corrected chi connectivity index (χ4v) is 1.65. The van der Waals surface area contributed by atoms with E-state index in [0.717, 1.165) is 23.7 Å². The molecule has 2 rings (SSSR count). The molecule has 0 saturated carbocycles. The van der Waals surface area contributed by atoms with E-state index in [1.807, 2.05) is 31.2 Å². The summed E-state index contributed by atoms with van der Waals surface area (Å²) < 4.78 is 7.42. The summed E-state index contributed by atoms with van der Waals surface area (Å²) in [6.45, 7) is 4.91. The largest absolute Gasteiger partial charge is 0.486 e. The van der Waals surface area contributed by atoms with Gasteiger partial charge < -0.3 is 9.84 Å². The van der Waals surface area contributed by atoms with Gasteiger partial charge in [0.15, 0.2) is 5.82 Å². The van der Waals surface area contributed by atoms with Crippen molar-refractivity contribution >= 4 is 0 Å². The van der Waals surface area contributed by atoms with Crippen molar-refractivity contribution in [2.24, 2.45) is 0 Å². The molecule has 96 valence electrons. The number of rotatable bonds is 5. The second-order valence-electron chi connectivity index (χ2n) is 4.03. The molecule has 0 aliphatic rings. The second kappa shape index (κ2) is 5.64. The van der Waals surface area contributed by atoms with Crippen LogP contribution in [0.5, 0.6) is 5.75 Å². The van der Waals surface area contributed by atoms with Crippen molar-refractivity contribution in [2.45, 2.75) is 33.1 Å². The molecule has 0 saturated heterocycles. The lowest BCUT2D eigenvalue weighted by molar-refractivity contribution is 0.199. The van der Waals surface area contributed by atoms with Crippen LogP contribution in [0.4, 0.5) is 0 Å². The first kappa shape index (κ1) is 12.6. The van der Waals surface area contributed by atoms with Crippen LogP contribution in [0.25, 0.3) is 0 Å². The third kappa shape index (κ3) is 2.87. The minimum Gasteiger partial charge on any atom is -0.486 e. The van der Waals surface area contributed by atoms with Crippen molar-refractivity contribution in [3.8, 4) is 5.75 Å². The molecule has 0 spiro atoms. The van der Waals surface area contributed by atoms with Gasteiger partial charge in [-0.25, -0.2) is 9.67 Å².